The summed E-state index contributed by atoms with van der Waals surface area (Å²) in [5, 5.41) is 0. The van der Waals surface area contributed by atoms with E-state index >= 15 is 0 Å². The smallest absolute Gasteiger partial charge is 0.237 e. The van der Waals surface area contributed by atoms with Crippen LogP contribution in [0.4, 0.5) is 5.69 Å². The van der Waals surface area contributed by atoms with Gasteiger partial charge in [-0.3, -0.25) is 9.59 Å². The summed E-state index contributed by atoms with van der Waals surface area (Å²) in [6, 6.07) is 5.87. The molecule has 0 fully saturated rings. The van der Waals surface area contributed by atoms with Gasteiger partial charge in [0.15, 0.2) is 0 Å². The predicted molar refractivity (Wildman–Crippen MR) is 74.8 cm³/mol. The highest BCUT2D eigenvalue weighted by Crippen LogP contribution is 2.42. The molecule has 0 spiro atoms. The lowest BCUT2D eigenvalue weighted by Crippen LogP contribution is -2.37. The zero-order valence-corrected chi connectivity index (χ0v) is 12.4. The van der Waals surface area contributed by atoms with E-state index < -0.39 is 5.41 Å². The number of halogens is 1. The summed E-state index contributed by atoms with van der Waals surface area (Å²) in [5.74, 6) is 0.168. The molecule has 0 saturated carbocycles. The van der Waals surface area contributed by atoms with Crippen molar-refractivity contribution >= 4 is 33.3 Å². The zero-order chi connectivity index (χ0) is 13.5. The van der Waals surface area contributed by atoms with E-state index in [-0.39, 0.29) is 11.7 Å². The SMILES string of the molecule is CC(=O)CCN1C(=O)C(C)(C)c2ccc(Br)cc21. The number of rotatable bonds is 3. The van der Waals surface area contributed by atoms with E-state index in [9.17, 15) is 9.59 Å². The number of Topliss-reactive ketones (excluding diaryl/α,β-unsaturated/α-hetero) is 1. The summed E-state index contributed by atoms with van der Waals surface area (Å²) in [5.41, 5.74) is 1.44. The Bertz CT molecular complexity index is 523. The average molecular weight is 310 g/mol. The van der Waals surface area contributed by atoms with Gasteiger partial charge in [0.2, 0.25) is 5.91 Å². The van der Waals surface area contributed by atoms with Crippen molar-refractivity contribution in [3.8, 4) is 0 Å². The summed E-state index contributed by atoms with van der Waals surface area (Å²) < 4.78 is 0.944. The van der Waals surface area contributed by atoms with Crippen LogP contribution in [0, 0.1) is 0 Å². The predicted octanol–water partition coefficient (Wildman–Crippen LogP) is 3.05. The number of hydrogen-bond acceptors (Lipinski definition) is 2. The normalized spacial score (nSPS) is 16.9. The first kappa shape index (κ1) is 13.3. The number of anilines is 1. The fourth-order valence-electron chi connectivity index (χ4n) is 2.31. The number of fused-ring (bicyclic) bond motifs is 1. The van der Waals surface area contributed by atoms with Gasteiger partial charge in [-0.05, 0) is 38.5 Å². The van der Waals surface area contributed by atoms with Crippen molar-refractivity contribution < 1.29 is 9.59 Å². The lowest BCUT2D eigenvalue weighted by atomic mass is 9.86. The van der Waals surface area contributed by atoms with E-state index in [0.717, 1.165) is 15.7 Å². The number of ketones is 1. The Morgan fingerprint density at radius 3 is 2.67 bits per heavy atom. The third-order valence-corrected chi connectivity index (χ3v) is 3.88. The van der Waals surface area contributed by atoms with Crippen LogP contribution in [0.5, 0.6) is 0 Å². The third kappa shape index (κ3) is 2.09. The van der Waals surface area contributed by atoms with Gasteiger partial charge in [-0.15, -0.1) is 0 Å². The summed E-state index contributed by atoms with van der Waals surface area (Å²) in [4.78, 5) is 25.2. The quantitative estimate of drug-likeness (QED) is 0.860. The Kier molecular flexibility index (Phi) is 3.32. The Morgan fingerprint density at radius 2 is 2.06 bits per heavy atom. The van der Waals surface area contributed by atoms with Crippen molar-refractivity contribution in [3.63, 3.8) is 0 Å². The topological polar surface area (TPSA) is 37.4 Å². The fourth-order valence-corrected chi connectivity index (χ4v) is 2.66. The third-order valence-electron chi connectivity index (χ3n) is 3.39. The molecular formula is C14H16BrNO2. The van der Waals surface area contributed by atoms with Crippen LogP contribution in [0.1, 0.15) is 32.8 Å². The molecule has 0 aliphatic carbocycles. The van der Waals surface area contributed by atoms with Crippen molar-refractivity contribution in [2.45, 2.75) is 32.6 Å². The lowest BCUT2D eigenvalue weighted by molar-refractivity contribution is -0.122. The van der Waals surface area contributed by atoms with Gasteiger partial charge >= 0.3 is 0 Å². The summed E-state index contributed by atoms with van der Waals surface area (Å²) in [6.45, 7) is 5.86. The van der Waals surface area contributed by atoms with Gasteiger partial charge in [0.25, 0.3) is 0 Å². The minimum atomic E-state index is -0.507. The van der Waals surface area contributed by atoms with E-state index in [1.165, 1.54) is 0 Å². The molecule has 0 aromatic heterocycles. The highest BCUT2D eigenvalue weighted by atomic mass is 79.9. The first-order valence-electron chi connectivity index (χ1n) is 5.95. The Balaban J connectivity index is 2.42. The lowest BCUT2D eigenvalue weighted by Gasteiger charge is -2.19. The number of nitrogens with zero attached hydrogens (tertiary/aromatic N) is 1. The van der Waals surface area contributed by atoms with Crippen LogP contribution >= 0.6 is 15.9 Å². The number of amides is 1. The van der Waals surface area contributed by atoms with Gasteiger partial charge in [0, 0.05) is 23.1 Å². The van der Waals surface area contributed by atoms with Crippen molar-refractivity contribution in [3.05, 3.63) is 28.2 Å². The van der Waals surface area contributed by atoms with Crippen molar-refractivity contribution in [2.75, 3.05) is 11.4 Å². The van der Waals surface area contributed by atoms with Gasteiger partial charge in [-0.25, -0.2) is 0 Å². The molecule has 4 heteroatoms. The molecule has 0 N–H and O–H groups in total. The van der Waals surface area contributed by atoms with Gasteiger partial charge in [0.05, 0.1) is 5.41 Å². The molecule has 0 unspecified atom stereocenters. The van der Waals surface area contributed by atoms with Crippen LogP contribution in [0.15, 0.2) is 22.7 Å². The van der Waals surface area contributed by atoms with E-state index in [0.29, 0.717) is 13.0 Å². The van der Waals surface area contributed by atoms with Gasteiger partial charge < -0.3 is 4.90 Å². The maximum absolute atomic E-state index is 12.4. The Hall–Kier alpha value is -1.16. The molecule has 1 aliphatic heterocycles. The molecule has 0 bridgehead atoms. The van der Waals surface area contributed by atoms with Gasteiger partial charge in [-0.1, -0.05) is 22.0 Å². The highest BCUT2D eigenvalue weighted by molar-refractivity contribution is 9.10. The van der Waals surface area contributed by atoms with Gasteiger partial charge in [0.1, 0.15) is 5.78 Å². The van der Waals surface area contributed by atoms with Crippen molar-refractivity contribution in [1.82, 2.24) is 0 Å². The zero-order valence-electron chi connectivity index (χ0n) is 10.8. The number of hydrogen-bond donors (Lipinski definition) is 0. The molecular weight excluding hydrogens is 294 g/mol. The van der Waals surface area contributed by atoms with Crippen LogP contribution in [0.3, 0.4) is 0 Å². The number of carbonyl (C=O) groups is 2. The van der Waals surface area contributed by atoms with E-state index in [1.54, 1.807) is 11.8 Å². The van der Waals surface area contributed by atoms with Crippen LogP contribution in [-0.2, 0) is 15.0 Å². The molecule has 0 saturated heterocycles. The minimum Gasteiger partial charge on any atom is -0.311 e. The fraction of sp³-hybridized carbons (Fsp3) is 0.429. The Morgan fingerprint density at radius 1 is 1.39 bits per heavy atom. The summed E-state index contributed by atoms with van der Waals surface area (Å²) >= 11 is 3.43. The second-order valence-electron chi connectivity index (χ2n) is 5.20. The second-order valence-corrected chi connectivity index (χ2v) is 6.11. The first-order chi connectivity index (χ1) is 8.34. The van der Waals surface area contributed by atoms with Crippen LogP contribution < -0.4 is 4.90 Å². The van der Waals surface area contributed by atoms with Crippen LogP contribution in [-0.4, -0.2) is 18.2 Å². The molecule has 1 amide bonds. The molecule has 0 radical (unpaired) electrons. The molecule has 0 atom stereocenters. The monoisotopic (exact) mass is 309 g/mol. The van der Waals surface area contributed by atoms with Crippen LogP contribution in [0.25, 0.3) is 0 Å². The molecule has 1 heterocycles. The number of carbonyl (C=O) groups excluding carboxylic acids is 2. The average Bonchev–Trinajstić information content (AvgIpc) is 2.45. The molecule has 1 aromatic carbocycles. The summed E-state index contributed by atoms with van der Waals surface area (Å²) in [7, 11) is 0. The van der Waals surface area contributed by atoms with E-state index in [1.807, 2.05) is 32.0 Å². The molecule has 2 rings (SSSR count). The Labute approximate surface area is 115 Å². The largest absolute Gasteiger partial charge is 0.311 e. The van der Waals surface area contributed by atoms with Crippen molar-refractivity contribution in [2.24, 2.45) is 0 Å². The maximum Gasteiger partial charge on any atom is 0.237 e. The van der Waals surface area contributed by atoms with E-state index in [4.69, 9.17) is 0 Å². The second kappa shape index (κ2) is 4.50. The van der Waals surface area contributed by atoms with E-state index in [2.05, 4.69) is 15.9 Å². The summed E-state index contributed by atoms with van der Waals surface area (Å²) in [6.07, 6.45) is 0.397. The molecule has 1 aliphatic rings. The standard InChI is InChI=1S/C14H16BrNO2/c1-9(17)6-7-16-12-8-10(15)4-5-11(12)14(2,3)13(16)18/h4-5,8H,6-7H2,1-3H3. The molecule has 1 aromatic rings. The van der Waals surface area contributed by atoms with Gasteiger partial charge in [-0.2, -0.15) is 0 Å². The highest BCUT2D eigenvalue weighted by Gasteiger charge is 2.43. The first-order valence-corrected chi connectivity index (χ1v) is 6.75. The maximum atomic E-state index is 12.4. The van der Waals surface area contributed by atoms with Crippen LogP contribution in [0.2, 0.25) is 0 Å². The number of benzene rings is 1. The molecule has 3 nitrogen and oxygen atoms in total. The molecule has 18 heavy (non-hydrogen) atoms. The van der Waals surface area contributed by atoms with Crippen molar-refractivity contribution in [1.29, 1.82) is 0 Å². The minimum absolute atomic E-state index is 0.0665. The molecule has 96 valence electrons.